The summed E-state index contributed by atoms with van der Waals surface area (Å²) < 4.78 is 61.8. The third kappa shape index (κ3) is 26.9. The van der Waals surface area contributed by atoms with Gasteiger partial charge in [0.1, 0.15) is 35.0 Å². The molecule has 4 N–H and O–H groups in total. The third-order valence-corrected chi connectivity index (χ3v) is 14.7. The molecule has 91 heavy (non-hydrogen) atoms. The van der Waals surface area contributed by atoms with Gasteiger partial charge in [-0.15, -0.1) is 0 Å². The average molecular weight is 1470 g/mol. The maximum atomic E-state index is 11.4. The van der Waals surface area contributed by atoms with Crippen LogP contribution in [0.2, 0.25) is 0 Å². The Balaban J connectivity index is 0. The van der Waals surface area contributed by atoms with Crippen LogP contribution in [0.4, 0.5) is 0 Å². The standard InChI is InChI=1S/C16H21BO6.C10H11BO5.C10H9BrO4.C9H9BO5.C7H5BrO2.C5H9BrO2.4CH4/c1-15(2)16(3,4)23-17(22-15)14-11(9-18)7-6-8-12(14)21-10-13(19)20-5;1-14-9(12)6-15-8-4-2-3-7-5-16-11(13)10(7)8;1-14-9(13)6-15-8-4-2-3-7(5-12)10(8)11;11-8(12)5-14-7-3-1-2-6-4-15-10(13)9(6)7;8-7-5(4-9)2-1-3-6(7)10;1-8-5(7)3-2-4-6;;;;/h6-9H,10H2,1-5H3;2-4,13H,5-6H2,1H3;2-5H,6H2,1H3;1-3,13H,4-5H2,(H,11,12);1-4,10H;2-4H2,1H3;4*1H4. The topological polar surface area (TPSA) is 328 Å². The largest absolute Gasteiger partial charge is 0.507 e. The van der Waals surface area contributed by atoms with Gasteiger partial charge in [-0.3, -0.25) is 19.2 Å². The Morgan fingerprint density at radius 1 is 0.516 bits per heavy atom. The average Bonchev–Trinajstić information content (AvgIpc) is 1.68. The number of benzene rings is 5. The van der Waals surface area contributed by atoms with Crippen LogP contribution < -0.4 is 35.3 Å². The van der Waals surface area contributed by atoms with Crippen LogP contribution in [0.15, 0.2) is 99.9 Å². The fourth-order valence-corrected chi connectivity index (χ4v) is 8.26. The smallest absolute Gasteiger partial charge is 0.499 e. The second-order valence-corrected chi connectivity index (χ2v) is 21.0. The molecule has 3 aliphatic heterocycles. The summed E-state index contributed by atoms with van der Waals surface area (Å²) in [6, 6.07) is 25.2. The minimum Gasteiger partial charge on any atom is -0.507 e. The molecule has 0 atom stereocenters. The molecule has 498 valence electrons. The van der Waals surface area contributed by atoms with Gasteiger partial charge in [0.05, 0.1) is 61.8 Å². The molecule has 3 aliphatic rings. The summed E-state index contributed by atoms with van der Waals surface area (Å²) in [6.07, 6.45) is 3.47. The number of aliphatic carboxylic acids is 1. The third-order valence-electron chi connectivity index (χ3n) is 12.4. The molecule has 0 radical (unpaired) electrons. The summed E-state index contributed by atoms with van der Waals surface area (Å²) in [5, 5.41) is 37.4. The van der Waals surface area contributed by atoms with Gasteiger partial charge in [-0.05, 0) is 107 Å². The van der Waals surface area contributed by atoms with Gasteiger partial charge in [0.15, 0.2) is 39.0 Å². The molecule has 8 rings (SSSR count). The van der Waals surface area contributed by atoms with Gasteiger partial charge in [0.25, 0.3) is 0 Å². The van der Waals surface area contributed by atoms with E-state index < -0.39 is 63.0 Å². The van der Waals surface area contributed by atoms with E-state index in [9.17, 15) is 48.4 Å². The van der Waals surface area contributed by atoms with Crippen LogP contribution in [-0.4, -0.2) is 162 Å². The number of methoxy groups -OCH3 is 4. The van der Waals surface area contributed by atoms with Crippen LogP contribution in [0.25, 0.3) is 0 Å². The predicted molar refractivity (Wildman–Crippen MR) is 354 cm³/mol. The van der Waals surface area contributed by atoms with Crippen molar-refractivity contribution in [1.29, 1.82) is 0 Å². The van der Waals surface area contributed by atoms with Crippen molar-refractivity contribution in [2.45, 2.75) is 94.7 Å². The number of hydrogen-bond acceptors (Lipinski definition) is 23. The number of aldehydes is 3. The Hall–Kier alpha value is -7.15. The number of phenolic OH excluding ortho intramolecular Hbond substituents is 1. The second-order valence-electron chi connectivity index (χ2n) is 18.7. The van der Waals surface area contributed by atoms with Crippen molar-refractivity contribution in [2.75, 3.05) is 60.2 Å². The Labute approximate surface area is 557 Å². The molecule has 30 heteroatoms. The zero-order valence-corrected chi connectivity index (χ0v) is 53.3. The summed E-state index contributed by atoms with van der Waals surface area (Å²) in [6.45, 7) is 7.31. The van der Waals surface area contributed by atoms with E-state index in [1.54, 1.807) is 78.9 Å². The number of carbonyl (C=O) groups excluding carboxylic acids is 7. The van der Waals surface area contributed by atoms with Crippen molar-refractivity contribution in [3.05, 3.63) is 128 Å². The quantitative estimate of drug-likeness (QED) is 0.0201. The Morgan fingerprint density at radius 2 is 0.868 bits per heavy atom. The van der Waals surface area contributed by atoms with E-state index in [4.69, 9.17) is 47.8 Å². The lowest BCUT2D eigenvalue weighted by Gasteiger charge is -2.32. The molecule has 0 aromatic heterocycles. The van der Waals surface area contributed by atoms with Crippen molar-refractivity contribution in [2.24, 2.45) is 0 Å². The van der Waals surface area contributed by atoms with Gasteiger partial charge in [-0.1, -0.05) is 106 Å². The molecular weight excluding hydrogens is 1390 g/mol. The number of carboxylic acids is 1. The molecule has 0 bridgehead atoms. The molecule has 0 aliphatic carbocycles. The fourth-order valence-electron chi connectivity index (χ4n) is 7.15. The van der Waals surface area contributed by atoms with E-state index >= 15 is 0 Å². The number of fused-ring (bicyclic) bond motifs is 2. The minimum absolute atomic E-state index is 0. The van der Waals surface area contributed by atoms with Crippen LogP contribution in [0, 0.1) is 0 Å². The summed E-state index contributed by atoms with van der Waals surface area (Å²) in [5.74, 6) is -0.947. The molecule has 0 amide bonds. The number of rotatable bonds is 19. The molecule has 0 saturated carbocycles. The van der Waals surface area contributed by atoms with Gasteiger partial charge in [0, 0.05) is 44.8 Å². The van der Waals surface area contributed by atoms with Gasteiger partial charge >= 0.3 is 51.2 Å². The van der Waals surface area contributed by atoms with E-state index in [-0.39, 0.29) is 61.2 Å². The number of esters is 4. The van der Waals surface area contributed by atoms with Crippen LogP contribution in [0.5, 0.6) is 28.7 Å². The van der Waals surface area contributed by atoms with Crippen LogP contribution in [0.3, 0.4) is 0 Å². The number of hydrogen-bond donors (Lipinski definition) is 4. The molecule has 0 unspecified atom stereocenters. The fraction of sp³-hybridized carbons (Fsp3) is 0.377. The summed E-state index contributed by atoms with van der Waals surface area (Å²) in [4.78, 5) is 85.9. The molecular formula is C61H80B3Br3O24. The maximum absolute atomic E-state index is 11.4. The van der Waals surface area contributed by atoms with Crippen LogP contribution in [0.1, 0.15) is 112 Å². The Kier molecular flexibility index (Phi) is 41.2. The van der Waals surface area contributed by atoms with Crippen molar-refractivity contribution in [3.8, 4) is 28.7 Å². The number of halogens is 3. The lowest BCUT2D eigenvalue weighted by Crippen LogP contribution is -2.41. The highest BCUT2D eigenvalue weighted by Gasteiger charge is 2.53. The highest BCUT2D eigenvalue weighted by atomic mass is 79.9. The van der Waals surface area contributed by atoms with Gasteiger partial charge in [-0.2, -0.15) is 0 Å². The predicted octanol–water partition coefficient (Wildman–Crippen LogP) is 7.83. The van der Waals surface area contributed by atoms with Crippen molar-refractivity contribution < 1.29 is 115 Å². The molecule has 3 heterocycles. The van der Waals surface area contributed by atoms with Crippen LogP contribution >= 0.6 is 47.8 Å². The molecule has 1 saturated heterocycles. The Bertz CT molecular complexity index is 3120. The van der Waals surface area contributed by atoms with Gasteiger partial charge < -0.3 is 76.8 Å². The number of ether oxygens (including phenoxy) is 8. The van der Waals surface area contributed by atoms with E-state index in [1.807, 2.05) is 33.8 Å². The summed E-state index contributed by atoms with van der Waals surface area (Å²) in [7, 11) is 2.49. The number of carboxylic acid groups (broad SMARTS) is 1. The number of alkyl halides is 1. The van der Waals surface area contributed by atoms with Gasteiger partial charge in [0.2, 0.25) is 0 Å². The maximum Gasteiger partial charge on any atom is 0.499 e. The van der Waals surface area contributed by atoms with E-state index in [0.717, 1.165) is 22.9 Å². The zero-order chi connectivity index (χ0) is 64.9. The normalized spacial score (nSPS) is 12.7. The second kappa shape index (κ2) is 43.6. The summed E-state index contributed by atoms with van der Waals surface area (Å²) in [5.41, 5.74) is 3.51. The minimum atomic E-state index is -1.05. The SMILES string of the molecule is C.C.C.C.COC(=O)CCCBr.COC(=O)COc1cccc(C=O)c1B1OC(C)(C)C(C)(C)O1.COC(=O)COc1cccc(C=O)c1Br.COC(=O)COc1cccc2c1B(O)OC2.O=C(O)COc1cccc2c1B(O)OC2.O=Cc1cccc(O)c1Br. The number of aromatic hydroxyl groups is 1. The van der Waals surface area contributed by atoms with E-state index in [1.165, 1.54) is 34.5 Å². The molecule has 1 fully saturated rings. The molecule has 0 spiro atoms. The Morgan fingerprint density at radius 3 is 1.25 bits per heavy atom. The number of phenols is 1. The first-order valence-corrected chi connectivity index (χ1v) is 28.6. The lowest BCUT2D eigenvalue weighted by atomic mass is 9.75. The number of carbonyl (C=O) groups is 8. The van der Waals surface area contributed by atoms with Crippen molar-refractivity contribution in [1.82, 2.24) is 0 Å². The molecule has 24 nitrogen and oxygen atoms in total. The van der Waals surface area contributed by atoms with Crippen molar-refractivity contribution in [3.63, 3.8) is 0 Å². The first-order valence-electron chi connectivity index (χ1n) is 25.9. The van der Waals surface area contributed by atoms with Gasteiger partial charge in [-0.25, -0.2) is 19.2 Å². The lowest BCUT2D eigenvalue weighted by molar-refractivity contribution is -0.143. The summed E-state index contributed by atoms with van der Waals surface area (Å²) >= 11 is 9.46. The first-order chi connectivity index (χ1) is 41.4. The monoisotopic (exact) mass is 1470 g/mol. The molecule has 5 aromatic rings. The first kappa shape index (κ1) is 85.9. The van der Waals surface area contributed by atoms with E-state index in [0.29, 0.717) is 104 Å². The highest BCUT2D eigenvalue weighted by molar-refractivity contribution is 9.11. The van der Waals surface area contributed by atoms with E-state index in [2.05, 4.69) is 66.7 Å². The highest BCUT2D eigenvalue weighted by Crippen LogP contribution is 2.37. The zero-order valence-electron chi connectivity index (χ0n) is 48.6. The van der Waals surface area contributed by atoms with Crippen molar-refractivity contribution >= 4 is 134 Å². The molecule has 5 aromatic carbocycles. The van der Waals surface area contributed by atoms with Crippen LogP contribution in [-0.2, 0) is 74.8 Å².